The van der Waals surface area contributed by atoms with Crippen LogP contribution in [0.5, 0.6) is 0 Å². The van der Waals surface area contributed by atoms with Crippen LogP contribution in [0.15, 0.2) is 96.2 Å². The second-order valence-corrected chi connectivity index (χ2v) is 9.57. The number of carbonyl (C=O) groups excluding carboxylic acids is 1. The number of amides is 1. The number of unbranched alkanes of at least 4 members (excludes halogenated alkanes) is 2. The lowest BCUT2D eigenvalue weighted by atomic mass is 10.0. The van der Waals surface area contributed by atoms with Gasteiger partial charge in [0.2, 0.25) is 5.91 Å². The number of carbonyl (C=O) groups is 1. The van der Waals surface area contributed by atoms with Crippen LogP contribution in [0.3, 0.4) is 0 Å². The number of hydrogen-bond acceptors (Lipinski definition) is 3. The fourth-order valence-corrected chi connectivity index (χ4v) is 5.03. The van der Waals surface area contributed by atoms with Gasteiger partial charge in [-0.3, -0.25) is 9.36 Å². The van der Waals surface area contributed by atoms with Crippen molar-refractivity contribution in [1.29, 1.82) is 0 Å². The number of thioether (sulfide) groups is 1. The molecule has 4 aromatic rings. The molecule has 5 heteroatoms. The van der Waals surface area contributed by atoms with Gasteiger partial charge in [-0.15, -0.1) is 0 Å². The van der Waals surface area contributed by atoms with Crippen LogP contribution in [0.4, 0.5) is 0 Å². The summed E-state index contributed by atoms with van der Waals surface area (Å²) in [4.78, 5) is 17.0. The van der Waals surface area contributed by atoms with Crippen LogP contribution in [0, 0.1) is 0 Å². The maximum absolute atomic E-state index is 11.8. The van der Waals surface area contributed by atoms with E-state index < -0.39 is 0 Å². The molecule has 0 atom stereocenters. The van der Waals surface area contributed by atoms with Crippen LogP contribution >= 0.6 is 11.8 Å². The molecule has 0 bridgehead atoms. The Bertz CT molecular complexity index is 1190. The molecule has 4 nitrogen and oxygen atoms in total. The monoisotopic (exact) mass is 483 g/mol. The zero-order valence-electron chi connectivity index (χ0n) is 20.3. The van der Waals surface area contributed by atoms with Crippen molar-refractivity contribution in [2.75, 3.05) is 12.3 Å². The molecule has 1 heterocycles. The van der Waals surface area contributed by atoms with Crippen molar-refractivity contribution in [3.05, 3.63) is 91.0 Å². The zero-order valence-corrected chi connectivity index (χ0v) is 21.1. The molecule has 1 N–H and O–H groups in total. The molecule has 180 valence electrons. The van der Waals surface area contributed by atoms with E-state index in [0.29, 0.717) is 6.42 Å². The number of hydrogen-bond donors (Lipinski definition) is 1. The van der Waals surface area contributed by atoms with Gasteiger partial charge in [0.05, 0.1) is 11.4 Å². The molecule has 0 aliphatic heterocycles. The topological polar surface area (TPSA) is 46.9 Å². The first-order chi connectivity index (χ1) is 17.3. The van der Waals surface area contributed by atoms with E-state index in [9.17, 15) is 4.79 Å². The average molecular weight is 484 g/mol. The quantitative estimate of drug-likeness (QED) is 0.169. The van der Waals surface area contributed by atoms with Crippen molar-refractivity contribution in [3.63, 3.8) is 0 Å². The van der Waals surface area contributed by atoms with Gasteiger partial charge in [0.15, 0.2) is 5.16 Å². The maximum Gasteiger partial charge on any atom is 0.219 e. The number of nitrogens with one attached hydrogen (secondary N) is 1. The second-order valence-electron chi connectivity index (χ2n) is 8.50. The van der Waals surface area contributed by atoms with E-state index in [4.69, 9.17) is 4.98 Å². The SMILES string of the molecule is CCCCC(=O)NCCCCSc1nc(-c2ccccc2)c(-c2ccccc2)n1-c1ccccc1. The number of para-hydroxylation sites is 1. The minimum Gasteiger partial charge on any atom is -0.356 e. The van der Waals surface area contributed by atoms with Crippen molar-refractivity contribution in [3.8, 4) is 28.2 Å². The third kappa shape index (κ3) is 6.64. The summed E-state index contributed by atoms with van der Waals surface area (Å²) in [6, 6.07) is 31.4. The minimum absolute atomic E-state index is 0.166. The summed E-state index contributed by atoms with van der Waals surface area (Å²) in [5.41, 5.74) is 5.45. The summed E-state index contributed by atoms with van der Waals surface area (Å²) in [5.74, 6) is 1.11. The molecule has 3 aromatic carbocycles. The summed E-state index contributed by atoms with van der Waals surface area (Å²) in [7, 11) is 0. The van der Waals surface area contributed by atoms with E-state index >= 15 is 0 Å². The highest BCUT2D eigenvalue weighted by Crippen LogP contribution is 2.38. The predicted octanol–water partition coefficient (Wildman–Crippen LogP) is 7.39. The van der Waals surface area contributed by atoms with E-state index in [1.807, 2.05) is 18.2 Å². The molecule has 0 fully saturated rings. The Kier molecular flexibility index (Phi) is 9.18. The molecule has 4 rings (SSSR count). The molecule has 0 saturated carbocycles. The number of imidazole rings is 1. The summed E-state index contributed by atoms with van der Waals surface area (Å²) in [6.45, 7) is 2.84. The van der Waals surface area contributed by atoms with Gasteiger partial charge in [-0.05, 0) is 31.4 Å². The Hall–Kier alpha value is -3.31. The van der Waals surface area contributed by atoms with Gasteiger partial charge >= 0.3 is 0 Å². The van der Waals surface area contributed by atoms with Gasteiger partial charge in [-0.25, -0.2) is 4.98 Å². The standard InChI is InChI=1S/C30H33N3OS/c1-2-3-21-27(34)31-22-13-14-23-35-30-32-28(24-15-7-4-8-16-24)29(25-17-9-5-10-18-25)33(30)26-19-11-6-12-20-26/h4-12,15-20H,2-3,13-14,21-23H2,1H3,(H,31,34). The van der Waals surface area contributed by atoms with Crippen LogP contribution in [-0.2, 0) is 4.79 Å². The first-order valence-electron chi connectivity index (χ1n) is 12.5. The van der Waals surface area contributed by atoms with E-state index in [2.05, 4.69) is 89.6 Å². The minimum atomic E-state index is 0.166. The van der Waals surface area contributed by atoms with Gasteiger partial charge in [-0.1, -0.05) is 104 Å². The molecule has 0 radical (unpaired) electrons. The van der Waals surface area contributed by atoms with Crippen LogP contribution in [0.1, 0.15) is 39.0 Å². The van der Waals surface area contributed by atoms with Crippen molar-refractivity contribution < 1.29 is 4.79 Å². The number of benzene rings is 3. The number of nitrogens with zero attached hydrogens (tertiary/aromatic N) is 2. The van der Waals surface area contributed by atoms with Crippen LogP contribution in [0.25, 0.3) is 28.2 Å². The highest BCUT2D eigenvalue weighted by molar-refractivity contribution is 7.99. The lowest BCUT2D eigenvalue weighted by Crippen LogP contribution is -2.24. The fourth-order valence-electron chi connectivity index (χ4n) is 4.02. The summed E-state index contributed by atoms with van der Waals surface area (Å²) < 4.78 is 2.29. The first kappa shape index (κ1) is 24.8. The van der Waals surface area contributed by atoms with Crippen molar-refractivity contribution >= 4 is 17.7 Å². The zero-order chi connectivity index (χ0) is 24.3. The van der Waals surface area contributed by atoms with Gasteiger partial charge in [0.1, 0.15) is 0 Å². The molecule has 0 unspecified atom stereocenters. The molecule has 0 saturated heterocycles. The fraction of sp³-hybridized carbons (Fsp3) is 0.267. The van der Waals surface area contributed by atoms with E-state index in [0.717, 1.165) is 71.3 Å². The molecular weight excluding hydrogens is 450 g/mol. The molecule has 0 spiro atoms. The lowest BCUT2D eigenvalue weighted by molar-refractivity contribution is -0.121. The number of rotatable bonds is 12. The third-order valence-corrected chi connectivity index (χ3v) is 6.86. The van der Waals surface area contributed by atoms with Crippen LogP contribution < -0.4 is 5.32 Å². The summed E-state index contributed by atoms with van der Waals surface area (Å²) in [5, 5.41) is 4.03. The highest BCUT2D eigenvalue weighted by atomic mass is 32.2. The molecule has 1 amide bonds. The average Bonchev–Trinajstić information content (AvgIpc) is 3.30. The van der Waals surface area contributed by atoms with E-state index in [1.54, 1.807) is 11.8 Å². The Morgan fingerprint density at radius 3 is 2.11 bits per heavy atom. The van der Waals surface area contributed by atoms with Crippen molar-refractivity contribution in [2.45, 2.75) is 44.2 Å². The largest absolute Gasteiger partial charge is 0.356 e. The summed E-state index contributed by atoms with van der Waals surface area (Å²) >= 11 is 1.78. The second kappa shape index (κ2) is 13.0. The molecular formula is C30H33N3OS. The molecule has 1 aromatic heterocycles. The third-order valence-electron chi connectivity index (χ3n) is 5.84. The Balaban J connectivity index is 1.58. The maximum atomic E-state index is 11.8. The smallest absolute Gasteiger partial charge is 0.219 e. The number of aromatic nitrogens is 2. The Morgan fingerprint density at radius 2 is 1.46 bits per heavy atom. The highest BCUT2D eigenvalue weighted by Gasteiger charge is 2.21. The van der Waals surface area contributed by atoms with Gasteiger partial charge in [0, 0.05) is 35.5 Å². The Labute approximate surface area is 212 Å². The van der Waals surface area contributed by atoms with Crippen LogP contribution in [-0.4, -0.2) is 27.8 Å². The van der Waals surface area contributed by atoms with Crippen molar-refractivity contribution in [1.82, 2.24) is 14.9 Å². The normalized spacial score (nSPS) is 10.9. The van der Waals surface area contributed by atoms with Crippen LogP contribution in [0.2, 0.25) is 0 Å². The molecule has 35 heavy (non-hydrogen) atoms. The lowest BCUT2D eigenvalue weighted by Gasteiger charge is -2.13. The Morgan fingerprint density at radius 1 is 0.829 bits per heavy atom. The van der Waals surface area contributed by atoms with Gasteiger partial charge < -0.3 is 5.32 Å². The molecule has 0 aliphatic rings. The predicted molar refractivity (Wildman–Crippen MR) is 147 cm³/mol. The molecule has 0 aliphatic carbocycles. The summed E-state index contributed by atoms with van der Waals surface area (Å²) in [6.07, 6.45) is 4.62. The van der Waals surface area contributed by atoms with Gasteiger partial charge in [0.25, 0.3) is 0 Å². The first-order valence-corrected chi connectivity index (χ1v) is 13.4. The van der Waals surface area contributed by atoms with Gasteiger partial charge in [-0.2, -0.15) is 0 Å². The van der Waals surface area contributed by atoms with Crippen molar-refractivity contribution in [2.24, 2.45) is 0 Å². The van der Waals surface area contributed by atoms with E-state index in [1.165, 1.54) is 0 Å². The van der Waals surface area contributed by atoms with E-state index in [-0.39, 0.29) is 5.91 Å².